The quantitative estimate of drug-likeness (QED) is 0.00396. The number of likely N-dealkylation sites (tertiary alicyclic amines) is 1. The number of alkyl halides is 12. The number of ether oxygens (including phenoxy) is 2. The number of phenolic OH excluding ortho intramolecular Hbond substituents is 1. The maximum absolute atomic E-state index is 13.1. The molecule has 130 heavy (non-hydrogen) atoms. The van der Waals surface area contributed by atoms with Crippen molar-refractivity contribution in [3.05, 3.63) is 174 Å². The molecular weight excluding hydrogens is 1980 g/mol. The first-order valence-corrected chi connectivity index (χ1v) is 39.8. The van der Waals surface area contributed by atoms with Gasteiger partial charge in [-0.3, -0.25) is 68.7 Å². The molecule has 0 aromatic heterocycles. The summed E-state index contributed by atoms with van der Waals surface area (Å²) >= 11 is 13.8. The van der Waals surface area contributed by atoms with Gasteiger partial charge < -0.3 is 87.3 Å². The lowest BCUT2D eigenvalue weighted by molar-refractivity contribution is -0.388. The number of aromatic hydroxyl groups is 1. The first kappa shape index (κ1) is 125. The van der Waals surface area contributed by atoms with E-state index < -0.39 is 137 Å². The number of nitro benzene ring substituents is 3. The summed E-state index contributed by atoms with van der Waals surface area (Å²) in [5, 5.41) is 106. The zero-order valence-corrected chi connectivity index (χ0v) is 73.3. The summed E-state index contributed by atoms with van der Waals surface area (Å²) in [6, 6.07) is 17.4. The van der Waals surface area contributed by atoms with Crippen LogP contribution < -0.4 is 37.1 Å². The number of benzene rings is 5. The number of allylic oxidation sites excluding steroid dienone is 1. The predicted molar refractivity (Wildman–Crippen MR) is 473 cm³/mol. The van der Waals surface area contributed by atoms with Crippen molar-refractivity contribution in [1.29, 1.82) is 0 Å². The summed E-state index contributed by atoms with van der Waals surface area (Å²) in [5.74, 6) is -5.39. The molecule has 4 saturated heterocycles. The second-order valence-corrected chi connectivity index (χ2v) is 29.8. The number of halogens is 13. The highest BCUT2D eigenvalue weighted by molar-refractivity contribution is 9.09. The van der Waals surface area contributed by atoms with Crippen LogP contribution in [0.5, 0.6) is 11.5 Å². The molecule has 7 atom stereocenters. The number of nitrogens with zero attached hydrogens (tertiary/aromatic N) is 5. The van der Waals surface area contributed by atoms with E-state index in [4.69, 9.17) is 52.3 Å². The Bertz CT molecular complexity index is 4730. The van der Waals surface area contributed by atoms with Crippen molar-refractivity contribution >= 4 is 169 Å². The first-order chi connectivity index (χ1) is 57.8. The SMILES string of the molecule is C.C.C.C.C=C(C)C(=O)Cl.C=C(C)C(=O)N1CCC[C@@H]1C(=O)O.CC(=O)Nc1ccc(O)cc1.CC(=O)Nc1ccc(OC[C@](C)(O)C(=O)Nc2ccc([N+](=O)[O-])c(C(F)(F)F)c2)cc1.CC1(CBr)OC(=O)[C@H]2CCCN2C1=O.C[C@](O)(CBr)C(=O)Nc1ccc([N+](=O)[O-])c(C(F)(F)F)c1.C[C@](O)(CBr)C(=O)O.Nc1ccc([N+](=O)[O-])c(C(F)(F)F)c1.O=C(O)[C@H]1CCCN1. The van der Waals surface area contributed by atoms with Gasteiger partial charge in [0.15, 0.2) is 16.8 Å². The molecule has 37 nitrogen and oxygen atoms in total. The number of phenols is 1. The van der Waals surface area contributed by atoms with E-state index in [9.17, 15) is 133 Å². The topological polar surface area (TPSA) is 570 Å². The number of aliphatic carboxylic acids is 3. The van der Waals surface area contributed by atoms with Crippen LogP contribution in [0.2, 0.25) is 0 Å². The standard InChI is InChI=1S/C19H18F3N3O6.C11H10BrF3N2O4.C9H12BrNO3.C9H13NO3.C8H9NO2.C7H5F3N2O2.C5H9NO2.C4H7BrO3.C4H5ClO.4CH4/c1-11(26)23-12-3-6-14(7-4-12)31-10-18(2,28)17(27)24-13-5-8-16(25(29)30)15(9-13)19(20,21)22;1-10(19,5-12)9(18)16-6-2-3-8(17(20)21)7(4-6)11(13,14)15;1-9(5-10)8(13)11-4-2-3-6(11)7(12)14-9;1-6(2)8(11)10-5-3-4-7(10)9(12)13;1-6(10)9-7-2-4-8(11)5-3-7;8-7(9,10)5-3-4(11)1-2-6(5)12(13)14;7-5(8)4-2-1-3-6-4;1-4(8,2-5)3(6)7;1-3(2)4(5)6;;;;/h3-9,28H,10H2,1-2H3,(H,23,26)(H,24,27);2-4,19H,5H2,1H3,(H,16,18);6H,2-5H2,1H3;7H,1,3-5H2,2H3,(H,12,13);2-5,11H,1H3,(H,9,10);1-3H,11H2;4,6H,1-3H2,(H,7,8);8H,2H2,1H3,(H,6,7);1H2,2H3;4*1H4/t18-;10-;6-,9?;7-;;;2*4-;;;;;/m0011..10...../s1. The van der Waals surface area contributed by atoms with E-state index in [2.05, 4.69) is 87.5 Å². The lowest BCUT2D eigenvalue weighted by Gasteiger charge is -2.39. The van der Waals surface area contributed by atoms with Crippen LogP contribution in [0.4, 0.5) is 85.0 Å². The normalized spacial score (nSPS) is 16.8. The molecule has 4 heterocycles. The van der Waals surface area contributed by atoms with Crippen LogP contribution in [0.15, 0.2) is 127 Å². The molecule has 4 aliphatic heterocycles. The molecule has 726 valence electrons. The summed E-state index contributed by atoms with van der Waals surface area (Å²) in [7, 11) is 0. The number of carboxylic acid groups (broad SMARTS) is 3. The lowest BCUT2D eigenvalue weighted by atomic mass is 10.0. The molecule has 0 saturated carbocycles. The van der Waals surface area contributed by atoms with Crippen LogP contribution in [0.25, 0.3) is 0 Å². The average molecular weight is 2080 g/mol. The van der Waals surface area contributed by atoms with Gasteiger partial charge in [-0.15, -0.1) is 0 Å². The summed E-state index contributed by atoms with van der Waals surface area (Å²) in [6.45, 7) is 19.4. The van der Waals surface area contributed by atoms with Crippen molar-refractivity contribution in [1.82, 2.24) is 15.1 Å². The van der Waals surface area contributed by atoms with E-state index in [1.54, 1.807) is 37.8 Å². The van der Waals surface area contributed by atoms with E-state index in [-0.39, 0.29) is 111 Å². The number of esters is 1. The van der Waals surface area contributed by atoms with Gasteiger partial charge in [-0.2, -0.15) is 39.5 Å². The molecule has 0 radical (unpaired) electrons. The number of cyclic esters (lactones) is 1. The van der Waals surface area contributed by atoms with E-state index in [1.807, 2.05) is 0 Å². The van der Waals surface area contributed by atoms with Gasteiger partial charge in [0.2, 0.25) is 23.0 Å². The van der Waals surface area contributed by atoms with E-state index in [0.29, 0.717) is 77.7 Å². The fraction of sp³-hybridized carbons (Fsp3) is 0.438. The Morgan fingerprint density at radius 1 is 0.585 bits per heavy atom. The van der Waals surface area contributed by atoms with Crippen LogP contribution in [0.3, 0.4) is 0 Å². The zero-order chi connectivity index (χ0) is 97.3. The van der Waals surface area contributed by atoms with Crippen molar-refractivity contribution < 1.29 is 152 Å². The third kappa shape index (κ3) is 41.9. The Morgan fingerprint density at radius 3 is 1.31 bits per heavy atom. The number of nitrogen functional groups attached to an aromatic ring is 1. The molecule has 6 amide bonds. The highest BCUT2D eigenvalue weighted by atomic mass is 79.9. The number of anilines is 5. The molecule has 1 unspecified atom stereocenters. The van der Waals surface area contributed by atoms with Crippen molar-refractivity contribution in [2.75, 3.05) is 69.2 Å². The molecule has 14 N–H and O–H groups in total. The minimum absolute atomic E-state index is 0. The van der Waals surface area contributed by atoms with Crippen LogP contribution in [-0.2, 0) is 76.0 Å². The fourth-order valence-corrected chi connectivity index (χ4v) is 10.7. The molecule has 5 aromatic carbocycles. The summed E-state index contributed by atoms with van der Waals surface area (Å²) in [5.41, 5.74) is -8.01. The zero-order valence-electron chi connectivity index (χ0n) is 67.8. The molecular formula is C80H104Br3ClF9N11O26. The number of hydrogen-bond donors (Lipinski definition) is 13. The molecule has 4 aliphatic rings. The number of morpholine rings is 1. The first-order valence-electron chi connectivity index (χ1n) is 36.0. The maximum atomic E-state index is 13.1. The van der Waals surface area contributed by atoms with Crippen molar-refractivity contribution in [2.45, 2.75) is 183 Å². The monoisotopic (exact) mass is 2080 g/mol. The Hall–Kier alpha value is -11.5. The fourth-order valence-electron chi connectivity index (χ4n) is 9.85. The number of amides is 6. The number of nitrogens with one attached hydrogen (secondary N) is 5. The van der Waals surface area contributed by atoms with Gasteiger partial charge in [-0.25, -0.2) is 14.4 Å². The second-order valence-electron chi connectivity index (χ2n) is 27.8. The predicted octanol–water partition coefficient (Wildman–Crippen LogP) is 14.8. The van der Waals surface area contributed by atoms with E-state index in [1.165, 1.54) is 62.1 Å². The van der Waals surface area contributed by atoms with Crippen molar-refractivity contribution in [3.63, 3.8) is 0 Å². The second kappa shape index (κ2) is 55.5. The molecule has 0 aliphatic carbocycles. The Balaban J connectivity index is -0.000000714. The van der Waals surface area contributed by atoms with E-state index in [0.717, 1.165) is 76.8 Å². The van der Waals surface area contributed by atoms with Gasteiger partial charge >= 0.3 is 42.4 Å². The van der Waals surface area contributed by atoms with Crippen LogP contribution in [0.1, 0.15) is 140 Å². The number of carboxylic acids is 3. The Kier molecular flexibility index (Phi) is 53.3. The minimum atomic E-state index is -5.02. The highest BCUT2D eigenvalue weighted by Gasteiger charge is 2.52. The van der Waals surface area contributed by atoms with Gasteiger partial charge in [0.05, 0.1) is 20.1 Å². The lowest BCUT2D eigenvalue weighted by Crippen LogP contribution is -2.60. The smallest absolute Gasteiger partial charge is 0.423 e. The molecule has 50 heteroatoms. The average Bonchev–Trinajstić information content (AvgIpc) is 1.58. The largest absolute Gasteiger partial charge is 0.508 e. The van der Waals surface area contributed by atoms with Crippen molar-refractivity contribution in [2.24, 2.45) is 0 Å². The van der Waals surface area contributed by atoms with Gasteiger partial charge in [0, 0.05) is 95.4 Å². The highest BCUT2D eigenvalue weighted by Crippen LogP contribution is 2.41. The van der Waals surface area contributed by atoms with Crippen LogP contribution >= 0.6 is 59.4 Å². The molecule has 4 fully saturated rings. The van der Waals surface area contributed by atoms with Crippen molar-refractivity contribution in [3.8, 4) is 11.5 Å². The number of rotatable bonds is 20. The number of carbonyl (C=O) groups excluding carboxylic acids is 8. The number of carbonyl (C=O) groups is 11. The van der Waals surface area contributed by atoms with Crippen LogP contribution in [-0.4, -0.2) is 208 Å². The Morgan fingerprint density at radius 2 is 0.977 bits per heavy atom. The van der Waals surface area contributed by atoms with Gasteiger partial charge in [-0.1, -0.05) is 90.7 Å². The Labute approximate surface area is 770 Å². The third-order valence-electron chi connectivity index (χ3n) is 16.6. The van der Waals surface area contributed by atoms with Gasteiger partial charge in [0.25, 0.3) is 34.8 Å². The minimum Gasteiger partial charge on any atom is -0.508 e. The number of hydrogen-bond acceptors (Lipinski definition) is 25. The third-order valence-corrected chi connectivity index (χ3v) is 20.1. The number of fused-ring (bicyclic) bond motifs is 1. The summed E-state index contributed by atoms with van der Waals surface area (Å²) in [4.78, 5) is 152. The molecule has 5 aromatic rings. The summed E-state index contributed by atoms with van der Waals surface area (Å²) < 4.78 is 125. The molecule has 9 rings (SSSR count). The van der Waals surface area contributed by atoms with Gasteiger partial charge in [0.1, 0.15) is 58.5 Å². The maximum Gasteiger partial charge on any atom is 0.423 e. The molecule has 0 spiro atoms. The number of nitrogens with two attached hydrogens (primary N) is 1. The summed E-state index contributed by atoms with van der Waals surface area (Å²) in [6.07, 6.45) is -10.00. The number of nitro groups is 3. The van der Waals surface area contributed by atoms with Crippen LogP contribution in [0, 0.1) is 30.3 Å². The number of aliphatic hydroxyl groups is 3. The van der Waals surface area contributed by atoms with E-state index >= 15 is 0 Å². The van der Waals surface area contributed by atoms with Gasteiger partial charge in [-0.05, 0) is 183 Å². The molecule has 0 bridgehead atoms.